The summed E-state index contributed by atoms with van der Waals surface area (Å²) in [6, 6.07) is 7.67. The Bertz CT molecular complexity index is 512. The molecule has 0 saturated carbocycles. The Balaban J connectivity index is 3.23. The van der Waals surface area contributed by atoms with Crippen molar-refractivity contribution < 1.29 is 9.59 Å². The van der Waals surface area contributed by atoms with E-state index in [9.17, 15) is 9.59 Å². The molecule has 0 spiro atoms. The lowest BCUT2D eigenvalue weighted by Crippen LogP contribution is -2.23. The predicted molar refractivity (Wildman–Crippen MR) is 95.2 cm³/mol. The first kappa shape index (κ1) is 17.5. The van der Waals surface area contributed by atoms with E-state index in [-0.39, 0.29) is 0 Å². The van der Waals surface area contributed by atoms with Crippen LogP contribution >= 0.6 is 45.2 Å². The molecule has 0 amide bonds. The summed E-state index contributed by atoms with van der Waals surface area (Å²) in [5.74, 6) is 0. The quantitative estimate of drug-likeness (QED) is 0.262. The molecule has 0 N–H and O–H groups in total. The van der Waals surface area contributed by atoms with Gasteiger partial charge >= 0.3 is 0 Å². The second-order valence-corrected chi connectivity index (χ2v) is 6.32. The zero-order chi connectivity index (χ0) is 15.2. The highest BCUT2D eigenvalue weighted by molar-refractivity contribution is 14.1. The molecule has 0 aromatic heterocycles. The first-order valence-electron chi connectivity index (χ1n) is 5.87. The molecule has 0 aliphatic heterocycles. The van der Waals surface area contributed by atoms with Crippen LogP contribution in [-0.4, -0.2) is 21.0 Å². The van der Waals surface area contributed by atoms with E-state index in [1.165, 1.54) is 0 Å². The van der Waals surface area contributed by atoms with Crippen LogP contribution in [0.1, 0.15) is 25.0 Å². The summed E-state index contributed by atoms with van der Waals surface area (Å²) in [6.45, 7) is 3.78. The highest BCUT2D eigenvalue weighted by Crippen LogP contribution is 2.32. The van der Waals surface area contributed by atoms with E-state index in [2.05, 4.69) is 55.2 Å². The number of carbonyl (C=O) groups excluding carboxylic acids is 2. The molecular formula is C14H14I2N2O2. The van der Waals surface area contributed by atoms with Crippen LogP contribution in [0.25, 0.3) is 0 Å². The minimum absolute atomic E-state index is 0.574. The molecule has 1 rings (SSSR count). The Hall–Kier alpha value is -0.560. The van der Waals surface area contributed by atoms with Gasteiger partial charge in [-0.2, -0.15) is 9.98 Å². The molecule has 0 heterocycles. The molecule has 2 unspecified atom stereocenters. The van der Waals surface area contributed by atoms with Crippen LogP contribution in [0.2, 0.25) is 0 Å². The van der Waals surface area contributed by atoms with Gasteiger partial charge in [0.2, 0.25) is 12.2 Å². The maximum atomic E-state index is 10.6. The van der Waals surface area contributed by atoms with Crippen molar-refractivity contribution in [1.82, 2.24) is 0 Å². The topological polar surface area (TPSA) is 58.9 Å². The highest BCUT2D eigenvalue weighted by Gasteiger charge is 2.28. The molecule has 0 aliphatic carbocycles. The summed E-state index contributed by atoms with van der Waals surface area (Å²) in [7, 11) is 0. The van der Waals surface area contributed by atoms with Crippen molar-refractivity contribution in [3.8, 4) is 0 Å². The van der Waals surface area contributed by atoms with Crippen LogP contribution in [0.4, 0.5) is 0 Å². The number of hydrogen-bond acceptors (Lipinski definition) is 4. The van der Waals surface area contributed by atoms with Gasteiger partial charge in [-0.1, -0.05) is 69.4 Å². The third-order valence-corrected chi connectivity index (χ3v) is 6.20. The van der Waals surface area contributed by atoms with Crippen molar-refractivity contribution in [3.63, 3.8) is 0 Å². The van der Waals surface area contributed by atoms with Gasteiger partial charge in [0.25, 0.3) is 0 Å². The van der Waals surface area contributed by atoms with E-state index in [1.54, 1.807) is 12.2 Å². The third kappa shape index (κ3) is 3.75. The van der Waals surface area contributed by atoms with E-state index < -0.39 is 11.1 Å². The molecule has 106 valence electrons. The van der Waals surface area contributed by atoms with Crippen molar-refractivity contribution in [2.45, 2.75) is 24.9 Å². The Labute approximate surface area is 145 Å². The standard InChI is InChI=1S/C14H14I2N2O2/c1-13(7-15,17-9-19)11-3-5-12(6-4-11)14(2,8-16)18-10-20/h3-6H,7-8H2,1-2H3. The van der Waals surface area contributed by atoms with E-state index in [0.717, 1.165) is 11.1 Å². The Kier molecular flexibility index (Phi) is 6.51. The second-order valence-electron chi connectivity index (χ2n) is 4.80. The maximum absolute atomic E-state index is 10.6. The van der Waals surface area contributed by atoms with Gasteiger partial charge in [-0.25, -0.2) is 9.59 Å². The first-order valence-corrected chi connectivity index (χ1v) is 8.92. The fraction of sp³-hybridized carbons (Fsp3) is 0.429. The fourth-order valence-electron chi connectivity index (χ4n) is 1.73. The average Bonchev–Trinajstić information content (AvgIpc) is 2.47. The molecule has 20 heavy (non-hydrogen) atoms. The number of isocyanates is 2. The lowest BCUT2D eigenvalue weighted by molar-refractivity contribution is 0.526. The van der Waals surface area contributed by atoms with Gasteiger partial charge in [-0.05, 0) is 25.0 Å². The zero-order valence-electron chi connectivity index (χ0n) is 11.2. The van der Waals surface area contributed by atoms with Crippen molar-refractivity contribution in [1.29, 1.82) is 0 Å². The summed E-state index contributed by atoms with van der Waals surface area (Å²) in [5, 5.41) is 0. The van der Waals surface area contributed by atoms with Crippen molar-refractivity contribution in [2.75, 3.05) is 8.86 Å². The van der Waals surface area contributed by atoms with Gasteiger partial charge < -0.3 is 0 Å². The van der Waals surface area contributed by atoms with Crippen molar-refractivity contribution >= 4 is 57.3 Å². The van der Waals surface area contributed by atoms with Gasteiger partial charge in [-0.15, -0.1) is 0 Å². The predicted octanol–water partition coefficient (Wildman–Crippen LogP) is 3.66. The molecule has 0 saturated heterocycles. The average molecular weight is 496 g/mol. The Morgan fingerprint density at radius 1 is 0.900 bits per heavy atom. The number of halogens is 2. The normalized spacial score (nSPS) is 16.2. The highest BCUT2D eigenvalue weighted by atomic mass is 127. The van der Waals surface area contributed by atoms with Crippen LogP contribution in [0.3, 0.4) is 0 Å². The lowest BCUT2D eigenvalue weighted by atomic mass is 9.89. The minimum Gasteiger partial charge on any atom is -0.211 e. The van der Waals surface area contributed by atoms with Crippen LogP contribution in [0.5, 0.6) is 0 Å². The number of benzene rings is 1. The van der Waals surface area contributed by atoms with Gasteiger partial charge in [0.1, 0.15) is 11.1 Å². The van der Waals surface area contributed by atoms with Gasteiger partial charge in [0, 0.05) is 8.86 Å². The van der Waals surface area contributed by atoms with Crippen LogP contribution < -0.4 is 0 Å². The fourth-order valence-corrected chi connectivity index (χ4v) is 2.95. The van der Waals surface area contributed by atoms with E-state index in [4.69, 9.17) is 0 Å². The molecule has 0 radical (unpaired) electrons. The third-order valence-electron chi connectivity index (χ3n) is 3.23. The van der Waals surface area contributed by atoms with Crippen LogP contribution in [0.15, 0.2) is 34.3 Å². The number of rotatable bonds is 6. The number of alkyl halides is 2. The first-order chi connectivity index (χ1) is 9.45. The summed E-state index contributed by atoms with van der Waals surface area (Å²) >= 11 is 4.39. The Morgan fingerprint density at radius 2 is 1.20 bits per heavy atom. The largest absolute Gasteiger partial charge is 0.235 e. The molecule has 2 atom stereocenters. The number of aliphatic imine (C=N–C) groups is 2. The Morgan fingerprint density at radius 3 is 1.40 bits per heavy atom. The zero-order valence-corrected chi connectivity index (χ0v) is 15.5. The van der Waals surface area contributed by atoms with Crippen LogP contribution in [-0.2, 0) is 20.7 Å². The van der Waals surface area contributed by atoms with E-state index in [0.29, 0.717) is 8.86 Å². The molecule has 4 nitrogen and oxygen atoms in total. The molecule has 0 bridgehead atoms. The molecular weight excluding hydrogens is 482 g/mol. The van der Waals surface area contributed by atoms with E-state index >= 15 is 0 Å². The summed E-state index contributed by atoms with van der Waals surface area (Å²) in [5.41, 5.74) is 0.722. The molecule has 6 heteroatoms. The maximum Gasteiger partial charge on any atom is 0.235 e. The van der Waals surface area contributed by atoms with Gasteiger partial charge in [0.05, 0.1) is 0 Å². The SMILES string of the molecule is CC(CI)(N=C=O)c1ccc(C(C)(CI)N=C=O)cc1. The molecule has 1 aromatic carbocycles. The lowest BCUT2D eigenvalue weighted by Gasteiger charge is -2.24. The monoisotopic (exact) mass is 496 g/mol. The van der Waals surface area contributed by atoms with Gasteiger partial charge in [0.15, 0.2) is 0 Å². The summed E-state index contributed by atoms with van der Waals surface area (Å²) in [4.78, 5) is 28.9. The number of hydrogen-bond donors (Lipinski definition) is 0. The second kappa shape index (κ2) is 7.45. The van der Waals surface area contributed by atoms with E-state index in [1.807, 2.05) is 38.1 Å². The number of nitrogens with zero attached hydrogens (tertiary/aromatic N) is 2. The van der Waals surface area contributed by atoms with Crippen LogP contribution in [0, 0.1) is 0 Å². The summed E-state index contributed by atoms with van der Waals surface area (Å²) in [6.07, 6.45) is 3.27. The minimum atomic E-state index is -0.574. The molecule has 0 aliphatic rings. The smallest absolute Gasteiger partial charge is 0.211 e. The van der Waals surface area contributed by atoms with Gasteiger partial charge in [-0.3, -0.25) is 0 Å². The van der Waals surface area contributed by atoms with Crippen molar-refractivity contribution in [3.05, 3.63) is 35.4 Å². The molecule has 0 fully saturated rings. The summed E-state index contributed by atoms with van der Waals surface area (Å²) < 4.78 is 1.35. The van der Waals surface area contributed by atoms with Crippen molar-refractivity contribution in [2.24, 2.45) is 9.98 Å². The molecule has 1 aromatic rings.